The molecule has 0 N–H and O–H groups in total. The van der Waals surface area contributed by atoms with Crippen molar-refractivity contribution in [2.45, 2.75) is 40.5 Å². The summed E-state index contributed by atoms with van der Waals surface area (Å²) in [4.78, 5) is 22.2. The van der Waals surface area contributed by atoms with Crippen molar-refractivity contribution in [1.29, 1.82) is 0 Å². The van der Waals surface area contributed by atoms with E-state index in [1.54, 1.807) is 6.07 Å². The molecule has 3 nitrogen and oxygen atoms in total. The molecule has 18 heavy (non-hydrogen) atoms. The summed E-state index contributed by atoms with van der Waals surface area (Å²) in [6, 6.07) is 3.64. The molecule has 0 spiro atoms. The molecule has 0 bridgehead atoms. The van der Waals surface area contributed by atoms with Gasteiger partial charge in [0.1, 0.15) is 11.5 Å². The fourth-order valence-corrected chi connectivity index (χ4v) is 1.92. The van der Waals surface area contributed by atoms with Crippen LogP contribution < -0.4 is 4.74 Å². The second-order valence-corrected chi connectivity index (χ2v) is 4.74. The summed E-state index contributed by atoms with van der Waals surface area (Å²) in [5.41, 5.74) is 3.13. The summed E-state index contributed by atoms with van der Waals surface area (Å²) in [6.45, 7) is 8.22. The number of rotatable bonds is 6. The van der Waals surface area contributed by atoms with Gasteiger partial charge in [0.15, 0.2) is 0 Å². The number of ether oxygens (including phenoxy) is 1. The lowest BCUT2D eigenvalue weighted by atomic mass is 9.92. The molecule has 0 aromatic heterocycles. The first-order valence-electron chi connectivity index (χ1n) is 6.25. The van der Waals surface area contributed by atoms with Gasteiger partial charge in [-0.05, 0) is 42.2 Å². The highest BCUT2D eigenvalue weighted by Gasteiger charge is 2.14. The quantitative estimate of drug-likeness (QED) is 0.727. The Balaban J connectivity index is 3.10. The van der Waals surface area contributed by atoms with Crippen LogP contribution in [-0.4, -0.2) is 12.3 Å². The lowest BCUT2D eigenvalue weighted by molar-refractivity contribution is -0.121. The van der Waals surface area contributed by atoms with Gasteiger partial charge in [-0.3, -0.25) is 9.59 Å². The molecule has 3 heteroatoms. The molecule has 1 rings (SSSR count). The Morgan fingerprint density at radius 3 is 2.56 bits per heavy atom. The normalized spacial score (nSPS) is 10.5. The van der Waals surface area contributed by atoms with Crippen molar-refractivity contribution in [3.8, 4) is 5.75 Å². The second kappa shape index (κ2) is 6.34. The number of hydrogen-bond acceptors (Lipinski definition) is 3. The van der Waals surface area contributed by atoms with Gasteiger partial charge in [0.25, 0.3) is 6.47 Å². The van der Waals surface area contributed by atoms with Crippen molar-refractivity contribution in [2.75, 3.05) is 0 Å². The summed E-state index contributed by atoms with van der Waals surface area (Å²) in [7, 11) is 0. The van der Waals surface area contributed by atoms with Gasteiger partial charge in [0, 0.05) is 12.3 Å². The molecule has 0 saturated heterocycles. The molecule has 0 aliphatic rings. The van der Waals surface area contributed by atoms with Crippen LogP contribution in [0.15, 0.2) is 12.1 Å². The molecule has 0 fully saturated rings. The summed E-state index contributed by atoms with van der Waals surface area (Å²) >= 11 is 0. The van der Waals surface area contributed by atoms with Crippen LogP contribution in [0.2, 0.25) is 0 Å². The van der Waals surface area contributed by atoms with Gasteiger partial charge in [0.05, 0.1) is 0 Å². The first kappa shape index (κ1) is 14.4. The van der Waals surface area contributed by atoms with Crippen LogP contribution in [0.25, 0.3) is 0 Å². The van der Waals surface area contributed by atoms with Gasteiger partial charge < -0.3 is 4.74 Å². The fraction of sp³-hybridized carbons (Fsp3) is 0.467. The number of carbonyl (C=O) groups excluding carboxylic acids is 2. The van der Waals surface area contributed by atoms with Gasteiger partial charge in [-0.1, -0.05) is 20.8 Å². The molecule has 0 aliphatic heterocycles. The molecule has 0 amide bonds. The minimum Gasteiger partial charge on any atom is -0.429 e. The zero-order valence-corrected chi connectivity index (χ0v) is 11.4. The molecule has 0 saturated carbocycles. The van der Waals surface area contributed by atoms with E-state index in [0.29, 0.717) is 18.6 Å². The molecular weight excluding hydrogens is 228 g/mol. The van der Waals surface area contributed by atoms with Crippen LogP contribution >= 0.6 is 0 Å². The number of ketones is 1. The zero-order valence-electron chi connectivity index (χ0n) is 11.4. The lowest BCUT2D eigenvalue weighted by Gasteiger charge is -2.14. The number of aryl methyl sites for hydroxylation is 2. The summed E-state index contributed by atoms with van der Waals surface area (Å²) in [5, 5.41) is 0. The van der Waals surface area contributed by atoms with Gasteiger partial charge in [0.2, 0.25) is 0 Å². The SMILES string of the molecule is CCc1cc(OC=O)cc(C)c1CC(=O)C(C)C. The highest BCUT2D eigenvalue weighted by atomic mass is 16.5. The Labute approximate surface area is 108 Å². The van der Waals surface area contributed by atoms with Crippen LogP contribution in [0.5, 0.6) is 5.75 Å². The summed E-state index contributed by atoms with van der Waals surface area (Å²) in [5.74, 6) is 0.817. The number of carbonyl (C=O) groups is 2. The van der Waals surface area contributed by atoms with Crippen molar-refractivity contribution >= 4 is 12.3 Å². The third-order valence-corrected chi connectivity index (χ3v) is 3.10. The van der Waals surface area contributed by atoms with E-state index in [4.69, 9.17) is 4.74 Å². The van der Waals surface area contributed by atoms with Crippen molar-refractivity contribution < 1.29 is 14.3 Å². The van der Waals surface area contributed by atoms with E-state index in [-0.39, 0.29) is 11.7 Å². The Morgan fingerprint density at radius 2 is 2.06 bits per heavy atom. The Hall–Kier alpha value is -1.64. The van der Waals surface area contributed by atoms with E-state index in [0.717, 1.165) is 23.1 Å². The monoisotopic (exact) mass is 248 g/mol. The molecular formula is C15H20O3. The van der Waals surface area contributed by atoms with Crippen LogP contribution in [0, 0.1) is 12.8 Å². The number of hydrogen-bond donors (Lipinski definition) is 0. The van der Waals surface area contributed by atoms with E-state index < -0.39 is 0 Å². The van der Waals surface area contributed by atoms with Crippen LogP contribution in [0.3, 0.4) is 0 Å². The third kappa shape index (κ3) is 3.42. The summed E-state index contributed by atoms with van der Waals surface area (Å²) in [6.07, 6.45) is 1.27. The van der Waals surface area contributed by atoms with Gasteiger partial charge in [-0.25, -0.2) is 0 Å². The second-order valence-electron chi connectivity index (χ2n) is 4.74. The topological polar surface area (TPSA) is 43.4 Å². The maximum absolute atomic E-state index is 11.9. The molecule has 0 unspecified atom stereocenters. The predicted octanol–water partition coefficient (Wildman–Crippen LogP) is 2.86. The largest absolute Gasteiger partial charge is 0.429 e. The van der Waals surface area contributed by atoms with Crippen LogP contribution in [0.1, 0.15) is 37.5 Å². The lowest BCUT2D eigenvalue weighted by Crippen LogP contribution is -2.13. The Kier molecular flexibility index (Phi) is 5.08. The van der Waals surface area contributed by atoms with Crippen molar-refractivity contribution in [3.05, 3.63) is 28.8 Å². The molecule has 98 valence electrons. The number of benzene rings is 1. The molecule has 0 atom stereocenters. The van der Waals surface area contributed by atoms with E-state index in [9.17, 15) is 9.59 Å². The molecule has 0 heterocycles. The van der Waals surface area contributed by atoms with E-state index >= 15 is 0 Å². The van der Waals surface area contributed by atoms with E-state index in [1.807, 2.05) is 33.8 Å². The average Bonchev–Trinajstić information content (AvgIpc) is 2.32. The first-order valence-corrected chi connectivity index (χ1v) is 6.25. The smallest absolute Gasteiger partial charge is 0.298 e. The zero-order chi connectivity index (χ0) is 13.7. The minimum atomic E-state index is 0.0417. The van der Waals surface area contributed by atoms with Crippen LogP contribution in [0.4, 0.5) is 0 Å². The third-order valence-electron chi connectivity index (χ3n) is 3.10. The van der Waals surface area contributed by atoms with Gasteiger partial charge in [-0.15, -0.1) is 0 Å². The molecule has 1 aromatic carbocycles. The maximum atomic E-state index is 11.9. The van der Waals surface area contributed by atoms with E-state index in [2.05, 4.69) is 0 Å². The summed E-state index contributed by atoms with van der Waals surface area (Å²) < 4.78 is 4.87. The first-order chi connectivity index (χ1) is 8.49. The highest BCUT2D eigenvalue weighted by Crippen LogP contribution is 2.24. The van der Waals surface area contributed by atoms with Crippen molar-refractivity contribution in [1.82, 2.24) is 0 Å². The molecule has 0 aliphatic carbocycles. The Morgan fingerprint density at radius 1 is 1.39 bits per heavy atom. The molecule has 1 aromatic rings. The average molecular weight is 248 g/mol. The van der Waals surface area contributed by atoms with Crippen molar-refractivity contribution in [2.24, 2.45) is 5.92 Å². The molecule has 0 radical (unpaired) electrons. The van der Waals surface area contributed by atoms with Gasteiger partial charge in [-0.2, -0.15) is 0 Å². The van der Waals surface area contributed by atoms with E-state index in [1.165, 1.54) is 0 Å². The van der Waals surface area contributed by atoms with Gasteiger partial charge >= 0.3 is 0 Å². The standard InChI is InChI=1S/C15H20O3/c1-5-12-7-13(18-9-16)6-11(4)14(12)8-15(17)10(2)3/h6-7,9-10H,5,8H2,1-4H3. The number of Topliss-reactive ketones (excluding diaryl/α,β-unsaturated/α-hetero) is 1. The van der Waals surface area contributed by atoms with Crippen molar-refractivity contribution in [3.63, 3.8) is 0 Å². The van der Waals surface area contributed by atoms with Crippen LogP contribution in [-0.2, 0) is 22.4 Å². The Bertz CT molecular complexity index is 447. The highest BCUT2D eigenvalue weighted by molar-refractivity contribution is 5.83. The fourth-order valence-electron chi connectivity index (χ4n) is 1.92. The minimum absolute atomic E-state index is 0.0417. The maximum Gasteiger partial charge on any atom is 0.298 e. The predicted molar refractivity (Wildman–Crippen MR) is 70.8 cm³/mol.